The fourth-order valence-electron chi connectivity index (χ4n) is 3.59. The monoisotopic (exact) mass is 403 g/mol. The van der Waals surface area contributed by atoms with Crippen molar-refractivity contribution in [3.05, 3.63) is 118 Å². The summed E-state index contributed by atoms with van der Waals surface area (Å²) in [5, 5.41) is 10.3. The van der Waals surface area contributed by atoms with Crippen molar-refractivity contribution >= 4 is 10.8 Å². The molecule has 0 spiro atoms. The van der Waals surface area contributed by atoms with Crippen LogP contribution in [0.15, 0.2) is 78.9 Å². The molecule has 0 radical (unpaired) electrons. The molecule has 4 aromatic carbocycles. The van der Waals surface area contributed by atoms with E-state index in [-0.39, 0.29) is 5.82 Å². The Hall–Kier alpha value is -3.88. The SMILES string of the molecule is CCc1ccc(CCc2ccc3c(F)c(C#Cc4ccc(C#N)cc4)ccc3c2)cc1. The Kier molecular flexibility index (Phi) is 6.11. The molecule has 0 aliphatic heterocycles. The van der Waals surface area contributed by atoms with E-state index in [1.54, 1.807) is 30.3 Å². The fourth-order valence-corrected chi connectivity index (χ4v) is 3.59. The van der Waals surface area contributed by atoms with Crippen molar-refractivity contribution in [1.82, 2.24) is 0 Å². The van der Waals surface area contributed by atoms with Crippen molar-refractivity contribution in [3.8, 4) is 17.9 Å². The second-order valence-electron chi connectivity index (χ2n) is 7.59. The molecule has 4 rings (SSSR count). The Morgan fingerprint density at radius 1 is 0.710 bits per heavy atom. The highest BCUT2D eigenvalue weighted by Crippen LogP contribution is 2.23. The first-order valence-electron chi connectivity index (χ1n) is 10.5. The Labute approximate surface area is 182 Å². The molecule has 2 heteroatoms. The predicted octanol–water partition coefficient (Wildman–Crippen LogP) is 6.60. The van der Waals surface area contributed by atoms with Crippen LogP contribution in [0.1, 0.15) is 40.3 Å². The fraction of sp³-hybridized carbons (Fsp3) is 0.138. The number of nitriles is 1. The van der Waals surface area contributed by atoms with E-state index in [2.05, 4.69) is 55.2 Å². The van der Waals surface area contributed by atoms with E-state index in [9.17, 15) is 4.39 Å². The highest BCUT2D eigenvalue weighted by molar-refractivity contribution is 5.85. The zero-order chi connectivity index (χ0) is 21.6. The molecule has 0 unspecified atom stereocenters. The van der Waals surface area contributed by atoms with Gasteiger partial charge in [-0.1, -0.05) is 67.3 Å². The van der Waals surface area contributed by atoms with Crippen LogP contribution < -0.4 is 0 Å². The summed E-state index contributed by atoms with van der Waals surface area (Å²) < 4.78 is 15.0. The lowest BCUT2D eigenvalue weighted by Crippen LogP contribution is -1.93. The molecule has 0 fully saturated rings. The lowest BCUT2D eigenvalue weighted by Gasteiger charge is -2.07. The first-order valence-corrected chi connectivity index (χ1v) is 10.5. The average molecular weight is 404 g/mol. The number of hydrogen-bond donors (Lipinski definition) is 0. The largest absolute Gasteiger partial charge is 0.205 e. The molecule has 0 heterocycles. The second kappa shape index (κ2) is 9.29. The minimum absolute atomic E-state index is 0.291. The second-order valence-corrected chi connectivity index (χ2v) is 7.59. The topological polar surface area (TPSA) is 23.8 Å². The minimum Gasteiger partial charge on any atom is -0.205 e. The van der Waals surface area contributed by atoms with Crippen LogP contribution in [-0.2, 0) is 19.3 Å². The molecule has 0 saturated carbocycles. The number of fused-ring (bicyclic) bond motifs is 1. The maximum atomic E-state index is 15.0. The van der Waals surface area contributed by atoms with Crippen molar-refractivity contribution in [3.63, 3.8) is 0 Å². The van der Waals surface area contributed by atoms with Gasteiger partial charge in [-0.3, -0.25) is 0 Å². The number of aryl methyl sites for hydroxylation is 3. The van der Waals surface area contributed by atoms with E-state index in [4.69, 9.17) is 5.26 Å². The zero-order valence-electron chi connectivity index (χ0n) is 17.5. The van der Waals surface area contributed by atoms with Gasteiger partial charge >= 0.3 is 0 Å². The molecule has 150 valence electrons. The Morgan fingerprint density at radius 3 is 2.06 bits per heavy atom. The van der Waals surface area contributed by atoms with E-state index in [0.717, 1.165) is 30.2 Å². The van der Waals surface area contributed by atoms with E-state index < -0.39 is 0 Å². The van der Waals surface area contributed by atoms with Gasteiger partial charge in [0.05, 0.1) is 17.2 Å². The Balaban J connectivity index is 1.52. The molecule has 1 nitrogen and oxygen atoms in total. The molecule has 31 heavy (non-hydrogen) atoms. The number of hydrogen-bond acceptors (Lipinski definition) is 1. The molecule has 0 atom stereocenters. The molecule has 4 aromatic rings. The van der Waals surface area contributed by atoms with Gasteiger partial charge in [0, 0.05) is 10.9 Å². The van der Waals surface area contributed by atoms with Crippen LogP contribution >= 0.6 is 0 Å². The lowest BCUT2D eigenvalue weighted by atomic mass is 9.99. The summed E-state index contributed by atoms with van der Waals surface area (Å²) in [5.74, 6) is 5.61. The first kappa shape index (κ1) is 20.4. The van der Waals surface area contributed by atoms with Crippen LogP contribution in [0.4, 0.5) is 4.39 Å². The van der Waals surface area contributed by atoms with Crippen LogP contribution in [0.5, 0.6) is 0 Å². The van der Waals surface area contributed by atoms with Gasteiger partial charge in [0.1, 0.15) is 5.82 Å². The van der Waals surface area contributed by atoms with Crippen molar-refractivity contribution in [2.24, 2.45) is 0 Å². The third-order valence-corrected chi connectivity index (χ3v) is 5.51. The normalized spacial score (nSPS) is 10.4. The molecule has 0 bridgehead atoms. The van der Waals surface area contributed by atoms with Crippen molar-refractivity contribution < 1.29 is 4.39 Å². The van der Waals surface area contributed by atoms with E-state index in [1.165, 1.54) is 16.7 Å². The van der Waals surface area contributed by atoms with Crippen molar-refractivity contribution in [2.45, 2.75) is 26.2 Å². The Morgan fingerprint density at radius 2 is 1.35 bits per heavy atom. The van der Waals surface area contributed by atoms with Gasteiger partial charge in [-0.05, 0) is 71.7 Å². The first-order chi connectivity index (χ1) is 15.2. The standard InChI is InChI=1S/C29H22FN/c1-2-21-3-5-22(6-4-21)7-10-24-14-18-28-27(19-24)17-16-26(29(28)30)15-13-23-8-11-25(20-31)12-9-23/h3-6,8-9,11-12,14,16-19H,2,7,10H2,1H3. The lowest BCUT2D eigenvalue weighted by molar-refractivity contribution is 0.636. The third-order valence-electron chi connectivity index (χ3n) is 5.51. The molecule has 0 aliphatic carbocycles. The summed E-state index contributed by atoms with van der Waals surface area (Å²) in [6, 6.07) is 27.4. The number of halogens is 1. The highest BCUT2D eigenvalue weighted by atomic mass is 19.1. The number of nitrogens with zero attached hydrogens (tertiary/aromatic N) is 1. The third kappa shape index (κ3) is 4.82. The van der Waals surface area contributed by atoms with Gasteiger partial charge in [0.25, 0.3) is 0 Å². The molecule has 0 saturated heterocycles. The summed E-state index contributed by atoms with van der Waals surface area (Å²) in [4.78, 5) is 0. The van der Waals surface area contributed by atoms with Gasteiger partial charge in [0.2, 0.25) is 0 Å². The Bertz CT molecular complexity index is 1310. The van der Waals surface area contributed by atoms with Crippen LogP contribution in [0.2, 0.25) is 0 Å². The quantitative estimate of drug-likeness (QED) is 0.352. The van der Waals surface area contributed by atoms with Gasteiger partial charge in [-0.2, -0.15) is 5.26 Å². The summed E-state index contributed by atoms with van der Waals surface area (Å²) in [6.07, 6.45) is 2.94. The highest BCUT2D eigenvalue weighted by Gasteiger charge is 2.07. The number of rotatable bonds is 4. The molecule has 0 N–H and O–H groups in total. The van der Waals surface area contributed by atoms with Crippen LogP contribution in [-0.4, -0.2) is 0 Å². The van der Waals surface area contributed by atoms with Gasteiger partial charge in [0.15, 0.2) is 0 Å². The van der Waals surface area contributed by atoms with Gasteiger partial charge < -0.3 is 0 Å². The smallest absolute Gasteiger partial charge is 0.146 e. The van der Waals surface area contributed by atoms with Crippen LogP contribution in [0, 0.1) is 29.0 Å². The van der Waals surface area contributed by atoms with Crippen molar-refractivity contribution in [2.75, 3.05) is 0 Å². The summed E-state index contributed by atoms with van der Waals surface area (Å²) in [6.45, 7) is 2.16. The molecule has 0 aromatic heterocycles. The summed E-state index contributed by atoms with van der Waals surface area (Å²) >= 11 is 0. The zero-order valence-corrected chi connectivity index (χ0v) is 17.5. The van der Waals surface area contributed by atoms with Crippen LogP contribution in [0.3, 0.4) is 0 Å². The maximum absolute atomic E-state index is 15.0. The molecular weight excluding hydrogens is 381 g/mol. The number of benzene rings is 4. The van der Waals surface area contributed by atoms with E-state index in [1.807, 2.05) is 18.2 Å². The van der Waals surface area contributed by atoms with E-state index in [0.29, 0.717) is 16.5 Å². The maximum Gasteiger partial charge on any atom is 0.146 e. The summed E-state index contributed by atoms with van der Waals surface area (Å²) in [5.41, 5.74) is 5.57. The average Bonchev–Trinajstić information content (AvgIpc) is 2.83. The van der Waals surface area contributed by atoms with E-state index >= 15 is 0 Å². The molecular formula is C29H22FN. The molecule has 0 amide bonds. The van der Waals surface area contributed by atoms with Gasteiger partial charge in [-0.25, -0.2) is 4.39 Å². The molecule has 0 aliphatic rings. The van der Waals surface area contributed by atoms with Gasteiger partial charge in [-0.15, -0.1) is 0 Å². The predicted molar refractivity (Wildman–Crippen MR) is 124 cm³/mol. The summed E-state index contributed by atoms with van der Waals surface area (Å²) in [7, 11) is 0. The minimum atomic E-state index is -0.291. The van der Waals surface area contributed by atoms with Crippen LogP contribution in [0.25, 0.3) is 10.8 Å². The van der Waals surface area contributed by atoms with Crippen molar-refractivity contribution in [1.29, 1.82) is 5.26 Å².